The Hall–Kier alpha value is -4.00. The third kappa shape index (κ3) is 3.15. The molecule has 0 bridgehead atoms. The molecule has 2 aliphatic rings. The number of nitrogens with zero attached hydrogens (tertiary/aromatic N) is 2. The Morgan fingerprint density at radius 2 is 2.00 bits per heavy atom. The summed E-state index contributed by atoms with van der Waals surface area (Å²) >= 11 is 0. The number of fused-ring (bicyclic) bond motifs is 1. The number of benzene rings is 2. The van der Waals surface area contributed by atoms with Crippen LogP contribution in [0.25, 0.3) is 5.76 Å². The van der Waals surface area contributed by atoms with E-state index >= 15 is 0 Å². The monoisotopic (exact) mass is 416 g/mol. The van der Waals surface area contributed by atoms with E-state index in [2.05, 4.69) is 4.98 Å². The van der Waals surface area contributed by atoms with Gasteiger partial charge in [0.05, 0.1) is 18.2 Å². The van der Waals surface area contributed by atoms with Crippen LogP contribution in [0.5, 0.6) is 5.75 Å². The average molecular weight is 416 g/mol. The summed E-state index contributed by atoms with van der Waals surface area (Å²) in [5.74, 6) is -1.78. The normalized spacial score (nSPS) is 19.4. The van der Waals surface area contributed by atoms with Crippen molar-refractivity contribution in [3.05, 3.63) is 95.1 Å². The summed E-state index contributed by atoms with van der Waals surface area (Å²) in [6, 6.07) is 13.0. The number of ether oxygens (including phenoxy) is 1. The number of aliphatic hydroxyl groups is 1. The van der Waals surface area contributed by atoms with E-state index in [1.54, 1.807) is 42.6 Å². The molecule has 154 valence electrons. The summed E-state index contributed by atoms with van der Waals surface area (Å²) in [5.41, 5.74) is 2.01. The molecule has 1 aromatic heterocycles. The van der Waals surface area contributed by atoms with Gasteiger partial charge in [0.2, 0.25) is 0 Å². The lowest BCUT2D eigenvalue weighted by molar-refractivity contribution is -0.132. The zero-order chi connectivity index (χ0) is 21.5. The van der Waals surface area contributed by atoms with Crippen molar-refractivity contribution in [3.8, 4) is 5.75 Å². The van der Waals surface area contributed by atoms with Gasteiger partial charge in [0.1, 0.15) is 17.3 Å². The standard InChI is InChI=1S/C24H17FN2O4/c25-17-4-1-5-18(12-17)27-21(16-3-2-9-26-13-16)20(23(29)24(27)30)22(28)15-6-7-19-14(11-15)8-10-31-19/h1-7,9,11-13,21,28H,8,10H2/b22-20-. The Balaban J connectivity index is 1.70. The molecule has 0 radical (unpaired) electrons. The smallest absolute Gasteiger partial charge is 0.300 e. The predicted molar refractivity (Wildman–Crippen MR) is 111 cm³/mol. The van der Waals surface area contributed by atoms with Gasteiger partial charge in [-0.15, -0.1) is 0 Å². The first kappa shape index (κ1) is 19.0. The number of aromatic nitrogens is 1. The number of Topliss-reactive ketones (excluding diaryl/α,β-unsaturated/α-hetero) is 1. The average Bonchev–Trinajstić information content (AvgIpc) is 3.36. The lowest BCUT2D eigenvalue weighted by Crippen LogP contribution is -2.29. The van der Waals surface area contributed by atoms with Gasteiger partial charge in [0.25, 0.3) is 11.7 Å². The molecule has 7 heteroatoms. The van der Waals surface area contributed by atoms with Crippen molar-refractivity contribution in [3.63, 3.8) is 0 Å². The minimum Gasteiger partial charge on any atom is -0.507 e. The Morgan fingerprint density at radius 3 is 2.77 bits per heavy atom. The van der Waals surface area contributed by atoms with Crippen LogP contribution in [0.2, 0.25) is 0 Å². The van der Waals surface area contributed by atoms with Crippen molar-refractivity contribution in [2.45, 2.75) is 12.5 Å². The number of hydrogen-bond acceptors (Lipinski definition) is 5. The molecule has 2 aliphatic heterocycles. The molecule has 5 rings (SSSR count). The topological polar surface area (TPSA) is 79.7 Å². The first-order valence-corrected chi connectivity index (χ1v) is 9.77. The van der Waals surface area contributed by atoms with Crippen molar-refractivity contribution in [2.75, 3.05) is 11.5 Å². The minimum atomic E-state index is -0.944. The predicted octanol–water partition coefficient (Wildman–Crippen LogP) is 3.78. The van der Waals surface area contributed by atoms with E-state index in [-0.39, 0.29) is 17.0 Å². The van der Waals surface area contributed by atoms with Gasteiger partial charge < -0.3 is 9.84 Å². The third-order valence-corrected chi connectivity index (χ3v) is 5.49. The molecule has 1 N–H and O–H groups in total. The Bertz CT molecular complexity index is 1240. The van der Waals surface area contributed by atoms with Crippen LogP contribution in [0.3, 0.4) is 0 Å². The highest BCUT2D eigenvalue weighted by molar-refractivity contribution is 6.51. The zero-order valence-electron chi connectivity index (χ0n) is 16.3. The first-order chi connectivity index (χ1) is 15.0. The fourth-order valence-electron chi connectivity index (χ4n) is 4.07. The molecule has 3 aromatic rings. The fraction of sp³-hybridized carbons (Fsp3) is 0.125. The van der Waals surface area contributed by atoms with Gasteiger partial charge in [-0.05, 0) is 53.6 Å². The van der Waals surface area contributed by atoms with Gasteiger partial charge in [0.15, 0.2) is 0 Å². The van der Waals surface area contributed by atoms with Crippen LogP contribution < -0.4 is 9.64 Å². The highest BCUT2D eigenvalue weighted by Crippen LogP contribution is 2.42. The summed E-state index contributed by atoms with van der Waals surface area (Å²) < 4.78 is 19.4. The van der Waals surface area contributed by atoms with Gasteiger partial charge in [0, 0.05) is 30.1 Å². The largest absolute Gasteiger partial charge is 0.507 e. The number of hydrogen-bond donors (Lipinski definition) is 1. The second kappa shape index (κ2) is 7.36. The molecule has 0 saturated carbocycles. The molecule has 3 heterocycles. The molecule has 1 fully saturated rings. The second-order valence-corrected chi connectivity index (χ2v) is 7.36. The van der Waals surface area contributed by atoms with E-state index in [4.69, 9.17) is 4.74 Å². The van der Waals surface area contributed by atoms with Crippen LogP contribution in [-0.4, -0.2) is 28.4 Å². The number of carbonyl (C=O) groups excluding carboxylic acids is 2. The lowest BCUT2D eigenvalue weighted by Gasteiger charge is -2.25. The molecular formula is C24H17FN2O4. The molecule has 0 spiro atoms. The zero-order valence-corrected chi connectivity index (χ0v) is 16.3. The van der Waals surface area contributed by atoms with Gasteiger partial charge in [-0.1, -0.05) is 12.1 Å². The number of rotatable bonds is 3. The molecule has 6 nitrogen and oxygen atoms in total. The highest BCUT2D eigenvalue weighted by Gasteiger charge is 2.47. The van der Waals surface area contributed by atoms with Gasteiger partial charge >= 0.3 is 0 Å². The maximum Gasteiger partial charge on any atom is 0.300 e. The third-order valence-electron chi connectivity index (χ3n) is 5.49. The van der Waals surface area contributed by atoms with Crippen LogP contribution in [-0.2, 0) is 16.0 Å². The van der Waals surface area contributed by atoms with Crippen LogP contribution in [0.4, 0.5) is 10.1 Å². The molecule has 1 saturated heterocycles. The van der Waals surface area contributed by atoms with Crippen LogP contribution in [0.15, 0.2) is 72.6 Å². The fourth-order valence-corrected chi connectivity index (χ4v) is 4.07. The molecule has 31 heavy (non-hydrogen) atoms. The molecule has 1 amide bonds. The quantitative estimate of drug-likeness (QED) is 0.399. The van der Waals surface area contributed by atoms with Gasteiger partial charge in [-0.25, -0.2) is 4.39 Å². The first-order valence-electron chi connectivity index (χ1n) is 9.77. The maximum absolute atomic E-state index is 13.9. The summed E-state index contributed by atoms with van der Waals surface area (Å²) in [5, 5.41) is 11.1. The number of carbonyl (C=O) groups is 2. The Kier molecular flexibility index (Phi) is 4.51. The van der Waals surface area contributed by atoms with Crippen LogP contribution >= 0.6 is 0 Å². The van der Waals surface area contributed by atoms with Gasteiger partial charge in [-0.3, -0.25) is 19.5 Å². The summed E-state index contributed by atoms with van der Waals surface area (Å²) in [6.07, 6.45) is 3.78. The Labute approximate surface area is 177 Å². The number of anilines is 1. The molecule has 1 atom stereocenters. The van der Waals surface area contributed by atoms with Crippen molar-refractivity contribution >= 4 is 23.1 Å². The van der Waals surface area contributed by atoms with E-state index in [1.165, 1.54) is 29.3 Å². The van der Waals surface area contributed by atoms with Crippen LogP contribution in [0, 0.1) is 5.82 Å². The van der Waals surface area contributed by atoms with Crippen LogP contribution in [0.1, 0.15) is 22.7 Å². The summed E-state index contributed by atoms with van der Waals surface area (Å²) in [6.45, 7) is 0.555. The Morgan fingerprint density at radius 1 is 1.13 bits per heavy atom. The van der Waals surface area contributed by atoms with Crippen molar-refractivity contribution in [1.29, 1.82) is 0 Å². The number of ketones is 1. The molecular weight excluding hydrogens is 399 g/mol. The lowest BCUT2D eigenvalue weighted by atomic mass is 9.95. The molecule has 1 unspecified atom stereocenters. The minimum absolute atomic E-state index is 0.0684. The number of pyridine rings is 1. The van der Waals surface area contributed by atoms with Crippen molar-refractivity contribution in [1.82, 2.24) is 4.98 Å². The number of halogens is 1. The molecule has 0 aliphatic carbocycles. The SMILES string of the molecule is O=C1C(=O)N(c2cccc(F)c2)C(c2cccnc2)/C1=C(/O)c1ccc2c(c1)CCO2. The molecule has 2 aromatic carbocycles. The van der Waals surface area contributed by atoms with E-state index in [9.17, 15) is 19.1 Å². The summed E-state index contributed by atoms with van der Waals surface area (Å²) in [7, 11) is 0. The van der Waals surface area contributed by atoms with Crippen molar-refractivity contribution < 1.29 is 23.8 Å². The second-order valence-electron chi connectivity index (χ2n) is 7.36. The number of aliphatic hydroxyl groups excluding tert-OH is 1. The number of amides is 1. The maximum atomic E-state index is 13.9. The van der Waals surface area contributed by atoms with E-state index < -0.39 is 23.5 Å². The highest BCUT2D eigenvalue weighted by atomic mass is 19.1. The van der Waals surface area contributed by atoms with E-state index in [0.29, 0.717) is 24.2 Å². The van der Waals surface area contributed by atoms with Gasteiger partial charge in [-0.2, -0.15) is 0 Å². The van der Waals surface area contributed by atoms with Crippen molar-refractivity contribution in [2.24, 2.45) is 0 Å². The summed E-state index contributed by atoms with van der Waals surface area (Å²) in [4.78, 5) is 31.4. The van der Waals surface area contributed by atoms with E-state index in [0.717, 1.165) is 11.3 Å². The van der Waals surface area contributed by atoms with E-state index in [1.807, 2.05) is 0 Å².